The summed E-state index contributed by atoms with van der Waals surface area (Å²) in [5.41, 5.74) is 1.68. The van der Waals surface area contributed by atoms with Crippen molar-refractivity contribution in [2.24, 2.45) is 0 Å². The number of benzene rings is 1. The number of cyclic esters (lactones) is 1. The summed E-state index contributed by atoms with van der Waals surface area (Å²) in [6.45, 7) is 3.74. The zero-order valence-corrected chi connectivity index (χ0v) is 19.7. The number of carbonyl (C=O) groups excluding carboxylic acids is 2. The van der Waals surface area contributed by atoms with Gasteiger partial charge in [-0.3, -0.25) is 14.6 Å². The monoisotopic (exact) mass is 488 g/mol. The van der Waals surface area contributed by atoms with Gasteiger partial charge in [-0.15, -0.1) is 0 Å². The van der Waals surface area contributed by atoms with Crippen LogP contribution in [-0.4, -0.2) is 72.2 Å². The summed E-state index contributed by atoms with van der Waals surface area (Å²) in [4.78, 5) is 42.0. The van der Waals surface area contributed by atoms with Crippen molar-refractivity contribution < 1.29 is 23.6 Å². The minimum absolute atomic E-state index is 0.0208. The number of ether oxygens (including phenoxy) is 1. The first kappa shape index (κ1) is 24.5. The van der Waals surface area contributed by atoms with E-state index in [0.29, 0.717) is 31.0 Å². The molecule has 0 unspecified atom stereocenters. The molecule has 1 aromatic heterocycles. The Kier molecular flexibility index (Phi) is 7.20. The quantitative estimate of drug-likeness (QED) is 0.432. The van der Waals surface area contributed by atoms with Crippen LogP contribution in [0.2, 0.25) is 0 Å². The first-order chi connectivity index (χ1) is 16.7. The molecule has 2 saturated heterocycles. The molecule has 0 spiro atoms. The zero-order chi connectivity index (χ0) is 25.1. The van der Waals surface area contributed by atoms with Crippen LogP contribution in [0.4, 0.5) is 26.4 Å². The van der Waals surface area contributed by atoms with Gasteiger partial charge in [0.15, 0.2) is 0 Å². The Hall–Kier alpha value is -3.67. The van der Waals surface area contributed by atoms with Gasteiger partial charge in [0.25, 0.3) is 0 Å². The van der Waals surface area contributed by atoms with E-state index in [2.05, 4.69) is 15.2 Å². The van der Waals surface area contributed by atoms with Gasteiger partial charge in [0.2, 0.25) is 5.91 Å². The van der Waals surface area contributed by atoms with E-state index in [-0.39, 0.29) is 30.9 Å². The number of H-pyrrole nitrogens is 1. The summed E-state index contributed by atoms with van der Waals surface area (Å²) in [6.07, 6.45) is 0.596. The van der Waals surface area contributed by atoms with Crippen LogP contribution in [0.5, 0.6) is 0 Å². The van der Waals surface area contributed by atoms with Crippen LogP contribution < -0.4 is 15.1 Å². The van der Waals surface area contributed by atoms with Crippen LogP contribution in [-0.2, 0) is 16.1 Å². The molecule has 2 aromatic rings. The van der Waals surface area contributed by atoms with Crippen molar-refractivity contribution in [3.05, 3.63) is 52.0 Å². The minimum atomic E-state index is -0.566. The van der Waals surface area contributed by atoms with Crippen molar-refractivity contribution in [2.45, 2.75) is 38.5 Å². The number of anilines is 2. The molecule has 0 radical (unpaired) electrons. The number of halogens is 1. The van der Waals surface area contributed by atoms with Gasteiger partial charge in [-0.1, -0.05) is 0 Å². The van der Waals surface area contributed by atoms with E-state index in [4.69, 9.17) is 4.74 Å². The van der Waals surface area contributed by atoms with E-state index in [1.54, 1.807) is 18.2 Å². The lowest BCUT2D eigenvalue weighted by Crippen LogP contribution is -2.43. The number of nitro groups is 1. The molecule has 12 heteroatoms. The second-order valence-corrected chi connectivity index (χ2v) is 8.95. The van der Waals surface area contributed by atoms with E-state index < -0.39 is 22.9 Å². The second kappa shape index (κ2) is 10.3. The molecule has 1 atom stereocenters. The summed E-state index contributed by atoms with van der Waals surface area (Å²) in [5, 5.41) is 13.5. The standard InChI is InChI=1S/C23H29FN6O5/c1-15(31)25-12-19-14-29(23(32)35-19)18-4-5-21(20(24)11-18)28-9-7-17(8-10-28)27(2)13-16-3-6-22(26-16)30(33)34/h3-6,11,17,19,26H,7-10,12-14H2,1-2H3,(H,25,31)/t19-/m0/s1. The van der Waals surface area contributed by atoms with Gasteiger partial charge in [-0.2, -0.15) is 0 Å². The van der Waals surface area contributed by atoms with E-state index in [9.17, 15) is 19.7 Å². The number of aromatic amines is 1. The van der Waals surface area contributed by atoms with Crippen LogP contribution in [0.3, 0.4) is 0 Å². The summed E-state index contributed by atoms with van der Waals surface area (Å²) in [7, 11) is 1.98. The minimum Gasteiger partial charge on any atom is -0.442 e. The molecular formula is C23H29FN6O5. The maximum atomic E-state index is 15.0. The molecule has 2 aliphatic heterocycles. The van der Waals surface area contributed by atoms with Gasteiger partial charge in [0.1, 0.15) is 17.6 Å². The highest BCUT2D eigenvalue weighted by Gasteiger charge is 2.33. The molecule has 3 heterocycles. The highest BCUT2D eigenvalue weighted by atomic mass is 19.1. The molecule has 0 aliphatic carbocycles. The highest BCUT2D eigenvalue weighted by Crippen LogP contribution is 2.30. The smallest absolute Gasteiger partial charge is 0.414 e. The maximum Gasteiger partial charge on any atom is 0.414 e. The van der Waals surface area contributed by atoms with Crippen molar-refractivity contribution >= 4 is 29.2 Å². The molecule has 1 aromatic carbocycles. The van der Waals surface area contributed by atoms with Gasteiger partial charge in [-0.25, -0.2) is 14.2 Å². The summed E-state index contributed by atoms with van der Waals surface area (Å²) in [5.74, 6) is -0.642. The fraction of sp³-hybridized carbons (Fsp3) is 0.478. The number of nitrogens with one attached hydrogen (secondary N) is 2. The van der Waals surface area contributed by atoms with Gasteiger partial charge >= 0.3 is 11.9 Å². The van der Waals surface area contributed by atoms with Crippen LogP contribution in [0.25, 0.3) is 0 Å². The Balaban J connectivity index is 1.32. The summed E-state index contributed by atoms with van der Waals surface area (Å²) in [6, 6.07) is 8.18. The number of aromatic nitrogens is 1. The third-order valence-corrected chi connectivity index (χ3v) is 6.47. The molecule has 2 N–H and O–H groups in total. The van der Waals surface area contributed by atoms with E-state index in [1.165, 1.54) is 24.0 Å². The molecule has 35 heavy (non-hydrogen) atoms. The Morgan fingerprint density at radius 2 is 2.06 bits per heavy atom. The van der Waals surface area contributed by atoms with Crippen LogP contribution in [0.1, 0.15) is 25.5 Å². The molecule has 11 nitrogen and oxygen atoms in total. The molecule has 2 amide bonds. The SMILES string of the molecule is CC(=O)NC[C@H]1CN(c2ccc(N3CCC(N(C)Cc4ccc([N+](=O)[O-])[nH]4)CC3)c(F)c2)C(=O)O1. The van der Waals surface area contributed by atoms with Gasteiger partial charge in [0, 0.05) is 32.1 Å². The molecule has 0 bridgehead atoms. The van der Waals surface area contributed by atoms with Crippen molar-refractivity contribution in [2.75, 3.05) is 43.0 Å². The lowest BCUT2D eigenvalue weighted by molar-refractivity contribution is -0.389. The maximum absolute atomic E-state index is 15.0. The van der Waals surface area contributed by atoms with Gasteiger partial charge < -0.3 is 25.1 Å². The number of carbonyl (C=O) groups is 2. The molecule has 4 rings (SSSR count). The van der Waals surface area contributed by atoms with Crippen LogP contribution in [0.15, 0.2) is 30.3 Å². The van der Waals surface area contributed by atoms with E-state index in [1.807, 2.05) is 11.9 Å². The topological polar surface area (TPSA) is 124 Å². The fourth-order valence-corrected chi connectivity index (χ4v) is 4.59. The second-order valence-electron chi connectivity index (χ2n) is 8.95. The Morgan fingerprint density at radius 1 is 1.31 bits per heavy atom. The third kappa shape index (κ3) is 5.70. The van der Waals surface area contributed by atoms with Crippen LogP contribution >= 0.6 is 0 Å². The average molecular weight is 489 g/mol. The Labute approximate surface area is 202 Å². The number of hydrogen-bond acceptors (Lipinski definition) is 7. The van der Waals surface area contributed by atoms with Gasteiger partial charge in [-0.05, 0) is 49.1 Å². The van der Waals surface area contributed by atoms with Crippen molar-refractivity contribution in [1.29, 1.82) is 0 Å². The molecular weight excluding hydrogens is 459 g/mol. The number of nitrogens with zero attached hydrogens (tertiary/aromatic N) is 4. The largest absolute Gasteiger partial charge is 0.442 e. The normalized spacial score (nSPS) is 18.7. The first-order valence-electron chi connectivity index (χ1n) is 11.5. The summed E-state index contributed by atoms with van der Waals surface area (Å²) >= 11 is 0. The van der Waals surface area contributed by atoms with Crippen molar-refractivity contribution in [1.82, 2.24) is 15.2 Å². The fourth-order valence-electron chi connectivity index (χ4n) is 4.59. The predicted molar refractivity (Wildman–Crippen MR) is 127 cm³/mol. The van der Waals surface area contributed by atoms with Crippen molar-refractivity contribution in [3.8, 4) is 0 Å². The van der Waals surface area contributed by atoms with Gasteiger partial charge in [0.05, 0.1) is 31.0 Å². The molecule has 188 valence electrons. The lowest BCUT2D eigenvalue weighted by Gasteiger charge is -2.37. The number of hydrogen-bond donors (Lipinski definition) is 2. The van der Waals surface area contributed by atoms with E-state index in [0.717, 1.165) is 18.5 Å². The molecule has 0 saturated carbocycles. The molecule has 2 fully saturated rings. The Morgan fingerprint density at radius 3 is 2.69 bits per heavy atom. The highest BCUT2D eigenvalue weighted by molar-refractivity contribution is 5.90. The average Bonchev–Trinajstić information content (AvgIpc) is 3.44. The van der Waals surface area contributed by atoms with Crippen LogP contribution in [0, 0.1) is 15.9 Å². The number of amides is 2. The molecule has 2 aliphatic rings. The first-order valence-corrected chi connectivity index (χ1v) is 11.5. The number of piperidine rings is 1. The third-order valence-electron chi connectivity index (χ3n) is 6.47. The van der Waals surface area contributed by atoms with Crippen molar-refractivity contribution in [3.63, 3.8) is 0 Å². The predicted octanol–water partition coefficient (Wildman–Crippen LogP) is 2.62. The zero-order valence-electron chi connectivity index (χ0n) is 19.7. The number of rotatable bonds is 8. The Bertz CT molecular complexity index is 1100. The van der Waals surface area contributed by atoms with E-state index >= 15 is 4.39 Å². The summed E-state index contributed by atoms with van der Waals surface area (Å²) < 4.78 is 20.3. The lowest BCUT2D eigenvalue weighted by atomic mass is 10.0.